The highest BCUT2D eigenvalue weighted by Gasteiger charge is 2.20. The first-order valence-corrected chi connectivity index (χ1v) is 11.8. The fraction of sp³-hybridized carbons (Fsp3) is 0.400. The van der Waals surface area contributed by atoms with E-state index in [-0.39, 0.29) is 16.9 Å². The minimum Gasteiger partial charge on any atom is -0.355 e. The van der Waals surface area contributed by atoms with Crippen LogP contribution in [0.5, 0.6) is 0 Å². The quantitative estimate of drug-likeness (QED) is 0.523. The number of aromatic nitrogens is 3. The summed E-state index contributed by atoms with van der Waals surface area (Å²) in [7, 11) is 1.50. The Morgan fingerprint density at radius 3 is 2.76 bits per heavy atom. The number of carbonyl (C=O) groups excluding carboxylic acids is 2. The standard InChI is InChI=1S/C25H28N6O3/c1-26-24(34)20-15-31(18-9-8-16-5-2-6-17(16)13-18)23-19(22(20)33)14-28-25(29-23)27-10-4-12-30-11-3-7-21(30)32/h8-9,13-15H,2-7,10-12H2,1H3,(H,26,34)(H,27,28,29). The molecule has 1 aromatic carbocycles. The monoisotopic (exact) mass is 460 g/mol. The van der Waals surface area contributed by atoms with Gasteiger partial charge < -0.3 is 20.1 Å². The second-order valence-electron chi connectivity index (χ2n) is 8.82. The van der Waals surface area contributed by atoms with E-state index >= 15 is 0 Å². The maximum Gasteiger partial charge on any atom is 0.256 e. The average Bonchev–Trinajstić information content (AvgIpc) is 3.49. The van der Waals surface area contributed by atoms with Gasteiger partial charge in [-0.2, -0.15) is 4.98 Å². The van der Waals surface area contributed by atoms with Gasteiger partial charge in [-0.3, -0.25) is 14.4 Å². The van der Waals surface area contributed by atoms with E-state index in [1.165, 1.54) is 24.4 Å². The molecule has 9 heteroatoms. The van der Waals surface area contributed by atoms with Crippen molar-refractivity contribution in [2.75, 3.05) is 32.0 Å². The SMILES string of the molecule is CNC(=O)c1cn(-c2ccc3c(c2)CCC3)c2nc(NCCCN3CCCC3=O)ncc2c1=O. The van der Waals surface area contributed by atoms with Crippen LogP contribution in [0.4, 0.5) is 5.95 Å². The van der Waals surface area contributed by atoms with Crippen LogP contribution in [-0.2, 0) is 17.6 Å². The number of nitrogens with zero attached hydrogens (tertiary/aromatic N) is 4. The average molecular weight is 461 g/mol. The molecule has 2 amide bonds. The van der Waals surface area contributed by atoms with E-state index in [1.807, 2.05) is 11.0 Å². The number of fused-ring (bicyclic) bond motifs is 2. The lowest BCUT2D eigenvalue weighted by atomic mass is 10.1. The zero-order valence-corrected chi connectivity index (χ0v) is 19.3. The van der Waals surface area contributed by atoms with E-state index in [0.29, 0.717) is 31.1 Å². The van der Waals surface area contributed by atoms with Gasteiger partial charge in [0.25, 0.3) is 5.91 Å². The summed E-state index contributed by atoms with van der Waals surface area (Å²) in [5.74, 6) is 0.176. The number of carbonyl (C=O) groups is 2. The third kappa shape index (κ3) is 4.13. The number of nitrogens with one attached hydrogen (secondary N) is 2. The van der Waals surface area contributed by atoms with E-state index < -0.39 is 11.3 Å². The number of anilines is 1. The highest BCUT2D eigenvalue weighted by molar-refractivity contribution is 5.97. The molecule has 0 atom stereocenters. The van der Waals surface area contributed by atoms with Gasteiger partial charge in [0.05, 0.1) is 5.39 Å². The predicted octanol–water partition coefficient (Wildman–Crippen LogP) is 2.05. The molecule has 2 aliphatic rings. The van der Waals surface area contributed by atoms with Gasteiger partial charge in [-0.15, -0.1) is 0 Å². The van der Waals surface area contributed by atoms with Gasteiger partial charge in [-0.05, 0) is 55.4 Å². The van der Waals surface area contributed by atoms with Crippen LogP contribution < -0.4 is 16.1 Å². The maximum absolute atomic E-state index is 13.0. The van der Waals surface area contributed by atoms with Crippen LogP contribution in [0.3, 0.4) is 0 Å². The Hall–Kier alpha value is -3.75. The number of aryl methyl sites for hydroxylation is 2. The second kappa shape index (κ2) is 9.24. The summed E-state index contributed by atoms with van der Waals surface area (Å²) in [6.07, 6.45) is 8.61. The van der Waals surface area contributed by atoms with Gasteiger partial charge in [0.15, 0.2) is 5.65 Å². The summed E-state index contributed by atoms with van der Waals surface area (Å²) >= 11 is 0. The third-order valence-electron chi connectivity index (χ3n) is 6.64. The van der Waals surface area contributed by atoms with Crippen LogP contribution in [-0.4, -0.2) is 57.9 Å². The van der Waals surface area contributed by atoms with Crippen LogP contribution in [0.25, 0.3) is 16.7 Å². The fourth-order valence-electron chi connectivity index (χ4n) is 4.81. The molecule has 176 valence electrons. The number of pyridine rings is 1. The molecule has 3 aromatic rings. The summed E-state index contributed by atoms with van der Waals surface area (Å²) in [5, 5.41) is 6.04. The Morgan fingerprint density at radius 2 is 1.97 bits per heavy atom. The zero-order chi connectivity index (χ0) is 23.7. The number of likely N-dealkylation sites (tertiary alicyclic amines) is 1. The van der Waals surface area contributed by atoms with Crippen molar-refractivity contribution >= 4 is 28.8 Å². The summed E-state index contributed by atoms with van der Waals surface area (Å²) in [4.78, 5) is 48.1. The van der Waals surface area contributed by atoms with Crippen molar-refractivity contribution in [1.82, 2.24) is 24.8 Å². The Bertz CT molecular complexity index is 1330. The van der Waals surface area contributed by atoms with Crippen LogP contribution in [0.1, 0.15) is 47.2 Å². The van der Waals surface area contributed by atoms with Gasteiger partial charge in [-0.25, -0.2) is 4.98 Å². The first-order chi connectivity index (χ1) is 16.5. The number of rotatable bonds is 7. The number of amides is 2. The van der Waals surface area contributed by atoms with Gasteiger partial charge in [-0.1, -0.05) is 6.07 Å². The molecule has 1 aliphatic carbocycles. The lowest BCUT2D eigenvalue weighted by Gasteiger charge is -2.16. The molecule has 1 saturated heterocycles. The Kier molecular flexibility index (Phi) is 6.00. The second-order valence-corrected chi connectivity index (χ2v) is 8.82. The smallest absolute Gasteiger partial charge is 0.256 e. The molecule has 0 bridgehead atoms. The van der Waals surface area contributed by atoms with Crippen molar-refractivity contribution in [3.05, 3.63) is 57.5 Å². The Balaban J connectivity index is 1.48. The molecule has 3 heterocycles. The van der Waals surface area contributed by atoms with Crippen molar-refractivity contribution in [1.29, 1.82) is 0 Å². The van der Waals surface area contributed by atoms with Crippen LogP contribution in [0, 0.1) is 0 Å². The molecule has 2 aromatic heterocycles. The van der Waals surface area contributed by atoms with E-state index in [4.69, 9.17) is 0 Å². The Morgan fingerprint density at radius 1 is 1.12 bits per heavy atom. The molecule has 5 rings (SSSR count). The molecule has 0 radical (unpaired) electrons. The number of hydrogen-bond acceptors (Lipinski definition) is 6. The van der Waals surface area contributed by atoms with E-state index in [2.05, 4.69) is 32.7 Å². The van der Waals surface area contributed by atoms with E-state index in [0.717, 1.165) is 44.3 Å². The van der Waals surface area contributed by atoms with Gasteiger partial charge in [0.1, 0.15) is 5.56 Å². The fourth-order valence-corrected chi connectivity index (χ4v) is 4.81. The van der Waals surface area contributed by atoms with Crippen LogP contribution in [0.15, 0.2) is 35.4 Å². The highest BCUT2D eigenvalue weighted by Crippen LogP contribution is 2.26. The first-order valence-electron chi connectivity index (χ1n) is 11.8. The molecule has 9 nitrogen and oxygen atoms in total. The van der Waals surface area contributed by atoms with Crippen molar-refractivity contribution in [3.8, 4) is 5.69 Å². The third-order valence-corrected chi connectivity index (χ3v) is 6.64. The molecule has 0 unspecified atom stereocenters. The predicted molar refractivity (Wildman–Crippen MR) is 129 cm³/mol. The van der Waals surface area contributed by atoms with Gasteiger partial charge >= 0.3 is 0 Å². The van der Waals surface area contributed by atoms with Crippen LogP contribution in [0.2, 0.25) is 0 Å². The molecule has 2 N–H and O–H groups in total. The zero-order valence-electron chi connectivity index (χ0n) is 19.3. The van der Waals surface area contributed by atoms with E-state index in [1.54, 1.807) is 10.8 Å². The van der Waals surface area contributed by atoms with Crippen LogP contribution >= 0.6 is 0 Å². The Labute approximate surface area is 197 Å². The lowest BCUT2D eigenvalue weighted by Crippen LogP contribution is -2.28. The highest BCUT2D eigenvalue weighted by atomic mass is 16.2. The summed E-state index contributed by atoms with van der Waals surface area (Å²) in [6, 6.07) is 6.23. The largest absolute Gasteiger partial charge is 0.355 e. The summed E-state index contributed by atoms with van der Waals surface area (Å²) in [5.41, 5.74) is 3.58. The molecular formula is C25H28N6O3. The molecule has 0 spiro atoms. The molecule has 1 aliphatic heterocycles. The van der Waals surface area contributed by atoms with Gasteiger partial charge in [0.2, 0.25) is 17.3 Å². The first kappa shape index (κ1) is 22.1. The number of hydrogen-bond donors (Lipinski definition) is 2. The minimum atomic E-state index is -0.444. The molecular weight excluding hydrogens is 432 g/mol. The number of benzene rings is 1. The van der Waals surface area contributed by atoms with Gasteiger partial charge in [0, 0.05) is 51.2 Å². The van der Waals surface area contributed by atoms with Crippen molar-refractivity contribution in [3.63, 3.8) is 0 Å². The molecule has 34 heavy (non-hydrogen) atoms. The molecule has 1 fully saturated rings. The van der Waals surface area contributed by atoms with E-state index in [9.17, 15) is 14.4 Å². The van der Waals surface area contributed by atoms with Crippen molar-refractivity contribution < 1.29 is 9.59 Å². The van der Waals surface area contributed by atoms with Crippen molar-refractivity contribution in [2.24, 2.45) is 0 Å². The molecule has 0 saturated carbocycles. The topological polar surface area (TPSA) is 109 Å². The summed E-state index contributed by atoms with van der Waals surface area (Å²) in [6.45, 7) is 2.13. The minimum absolute atomic E-state index is 0.0510. The normalized spacial score (nSPS) is 15.1. The van der Waals surface area contributed by atoms with Crippen molar-refractivity contribution in [2.45, 2.75) is 38.5 Å². The lowest BCUT2D eigenvalue weighted by molar-refractivity contribution is -0.127. The maximum atomic E-state index is 13.0. The summed E-state index contributed by atoms with van der Waals surface area (Å²) < 4.78 is 1.80.